The van der Waals surface area contributed by atoms with Crippen molar-refractivity contribution in [1.82, 2.24) is 0 Å². The standard InChI is InChI=1S/C15H26N2O/c1-6-18-13-9-7-8-12(14(13)16)17-10-15(4,5)11(2)3/h7-9,11,17H,6,10,16H2,1-5H3. The van der Waals surface area contributed by atoms with Crippen LogP contribution in [0.5, 0.6) is 5.75 Å². The van der Waals surface area contributed by atoms with Crippen molar-refractivity contribution >= 4 is 11.4 Å². The molecule has 3 nitrogen and oxygen atoms in total. The molecule has 1 aromatic rings. The molecule has 1 rings (SSSR count). The van der Waals surface area contributed by atoms with E-state index in [1.165, 1.54) is 0 Å². The number of benzene rings is 1. The van der Waals surface area contributed by atoms with Gasteiger partial charge in [-0.3, -0.25) is 0 Å². The van der Waals surface area contributed by atoms with E-state index in [9.17, 15) is 0 Å². The van der Waals surface area contributed by atoms with E-state index in [0.717, 1.165) is 18.0 Å². The van der Waals surface area contributed by atoms with Crippen molar-refractivity contribution in [3.05, 3.63) is 18.2 Å². The van der Waals surface area contributed by atoms with E-state index < -0.39 is 0 Å². The van der Waals surface area contributed by atoms with Gasteiger partial charge in [0.25, 0.3) is 0 Å². The van der Waals surface area contributed by atoms with Crippen molar-refractivity contribution in [2.45, 2.75) is 34.6 Å². The Morgan fingerprint density at radius 3 is 2.56 bits per heavy atom. The van der Waals surface area contributed by atoms with Crippen LogP contribution in [0.15, 0.2) is 18.2 Å². The van der Waals surface area contributed by atoms with E-state index in [1.807, 2.05) is 25.1 Å². The Hall–Kier alpha value is -1.38. The monoisotopic (exact) mass is 250 g/mol. The van der Waals surface area contributed by atoms with Gasteiger partial charge in [-0.15, -0.1) is 0 Å². The molecule has 0 bridgehead atoms. The minimum Gasteiger partial charge on any atom is -0.492 e. The van der Waals surface area contributed by atoms with Crippen molar-refractivity contribution in [2.75, 3.05) is 24.2 Å². The smallest absolute Gasteiger partial charge is 0.144 e. The van der Waals surface area contributed by atoms with E-state index in [0.29, 0.717) is 18.2 Å². The van der Waals surface area contributed by atoms with Crippen molar-refractivity contribution in [2.24, 2.45) is 11.3 Å². The molecule has 18 heavy (non-hydrogen) atoms. The van der Waals surface area contributed by atoms with E-state index in [4.69, 9.17) is 10.5 Å². The van der Waals surface area contributed by atoms with E-state index >= 15 is 0 Å². The van der Waals surface area contributed by atoms with Crippen LogP contribution in [0.3, 0.4) is 0 Å². The third-order valence-electron chi connectivity index (χ3n) is 3.66. The van der Waals surface area contributed by atoms with Crippen LogP contribution in [0.4, 0.5) is 11.4 Å². The molecule has 0 aliphatic heterocycles. The molecule has 0 heterocycles. The number of nitrogens with one attached hydrogen (secondary N) is 1. The van der Waals surface area contributed by atoms with Crippen LogP contribution in [0.2, 0.25) is 0 Å². The second kappa shape index (κ2) is 5.98. The van der Waals surface area contributed by atoms with Crippen molar-refractivity contribution in [1.29, 1.82) is 0 Å². The zero-order chi connectivity index (χ0) is 13.8. The molecule has 3 N–H and O–H groups in total. The average molecular weight is 250 g/mol. The molecule has 0 atom stereocenters. The van der Waals surface area contributed by atoms with Gasteiger partial charge in [0, 0.05) is 6.54 Å². The van der Waals surface area contributed by atoms with Crippen LogP contribution in [0.25, 0.3) is 0 Å². The van der Waals surface area contributed by atoms with Crippen LogP contribution in [0.1, 0.15) is 34.6 Å². The molecule has 3 heteroatoms. The molecule has 0 aliphatic carbocycles. The third-order valence-corrected chi connectivity index (χ3v) is 3.66. The summed E-state index contributed by atoms with van der Waals surface area (Å²) in [4.78, 5) is 0. The zero-order valence-electron chi connectivity index (χ0n) is 12.2. The van der Waals surface area contributed by atoms with Crippen LogP contribution >= 0.6 is 0 Å². The van der Waals surface area contributed by atoms with Gasteiger partial charge in [-0.1, -0.05) is 33.8 Å². The summed E-state index contributed by atoms with van der Waals surface area (Å²) in [5, 5.41) is 3.43. The normalized spacial score (nSPS) is 11.7. The van der Waals surface area contributed by atoms with Crippen LogP contribution in [0, 0.1) is 11.3 Å². The van der Waals surface area contributed by atoms with Gasteiger partial charge in [-0.25, -0.2) is 0 Å². The second-order valence-electron chi connectivity index (χ2n) is 5.65. The lowest BCUT2D eigenvalue weighted by molar-refractivity contribution is 0.269. The highest BCUT2D eigenvalue weighted by Crippen LogP contribution is 2.32. The fraction of sp³-hybridized carbons (Fsp3) is 0.600. The molecule has 0 unspecified atom stereocenters. The lowest BCUT2D eigenvalue weighted by atomic mass is 9.81. The fourth-order valence-corrected chi connectivity index (χ4v) is 1.51. The Bertz CT molecular complexity index is 386. The summed E-state index contributed by atoms with van der Waals surface area (Å²) in [7, 11) is 0. The summed E-state index contributed by atoms with van der Waals surface area (Å²) in [6, 6.07) is 5.86. The quantitative estimate of drug-likeness (QED) is 0.756. The highest BCUT2D eigenvalue weighted by atomic mass is 16.5. The lowest BCUT2D eigenvalue weighted by Crippen LogP contribution is -2.28. The van der Waals surface area contributed by atoms with Gasteiger partial charge in [-0.05, 0) is 30.4 Å². The number of hydrogen-bond donors (Lipinski definition) is 2. The maximum absolute atomic E-state index is 6.09. The third kappa shape index (κ3) is 3.56. The molecule has 0 amide bonds. The molecule has 0 saturated carbocycles. The summed E-state index contributed by atoms with van der Waals surface area (Å²) >= 11 is 0. The van der Waals surface area contributed by atoms with Gasteiger partial charge in [0.05, 0.1) is 18.0 Å². The Morgan fingerprint density at radius 1 is 1.33 bits per heavy atom. The van der Waals surface area contributed by atoms with Crippen molar-refractivity contribution < 1.29 is 4.74 Å². The fourth-order valence-electron chi connectivity index (χ4n) is 1.51. The highest BCUT2D eigenvalue weighted by Gasteiger charge is 2.22. The molecular weight excluding hydrogens is 224 g/mol. The summed E-state index contributed by atoms with van der Waals surface area (Å²) in [6.45, 7) is 12.5. The van der Waals surface area contributed by atoms with Gasteiger partial charge >= 0.3 is 0 Å². The topological polar surface area (TPSA) is 47.3 Å². The second-order valence-corrected chi connectivity index (χ2v) is 5.65. The number of para-hydroxylation sites is 1. The molecule has 0 saturated heterocycles. The summed E-state index contributed by atoms with van der Waals surface area (Å²) in [5.41, 5.74) is 7.96. The molecule has 0 aromatic heterocycles. The summed E-state index contributed by atoms with van der Waals surface area (Å²) < 4.78 is 5.49. The maximum Gasteiger partial charge on any atom is 0.144 e. The van der Waals surface area contributed by atoms with Crippen molar-refractivity contribution in [3.8, 4) is 5.75 Å². The number of rotatable bonds is 6. The SMILES string of the molecule is CCOc1cccc(NCC(C)(C)C(C)C)c1N. The van der Waals surface area contributed by atoms with Crippen LogP contribution in [-0.4, -0.2) is 13.2 Å². The van der Waals surface area contributed by atoms with E-state index in [1.54, 1.807) is 0 Å². The van der Waals surface area contributed by atoms with Gasteiger partial charge in [0.2, 0.25) is 0 Å². The van der Waals surface area contributed by atoms with Crippen molar-refractivity contribution in [3.63, 3.8) is 0 Å². The predicted octanol–water partition coefficient (Wildman–Crippen LogP) is 3.76. The first-order valence-corrected chi connectivity index (χ1v) is 6.63. The Kier molecular flexibility index (Phi) is 4.88. The molecule has 1 aromatic carbocycles. The number of nitrogens with two attached hydrogens (primary N) is 1. The largest absolute Gasteiger partial charge is 0.492 e. The minimum atomic E-state index is 0.230. The van der Waals surface area contributed by atoms with Gasteiger partial charge in [0.15, 0.2) is 0 Å². The Morgan fingerprint density at radius 2 is 2.00 bits per heavy atom. The summed E-state index contributed by atoms with van der Waals surface area (Å²) in [6.07, 6.45) is 0. The lowest BCUT2D eigenvalue weighted by Gasteiger charge is -2.30. The molecular formula is C15H26N2O. The minimum absolute atomic E-state index is 0.230. The van der Waals surface area contributed by atoms with E-state index in [2.05, 4.69) is 33.0 Å². The maximum atomic E-state index is 6.09. The molecule has 0 aliphatic rings. The number of ether oxygens (including phenoxy) is 1. The van der Waals surface area contributed by atoms with Crippen LogP contribution in [-0.2, 0) is 0 Å². The van der Waals surface area contributed by atoms with Gasteiger partial charge in [-0.2, -0.15) is 0 Å². The highest BCUT2D eigenvalue weighted by molar-refractivity contribution is 5.72. The van der Waals surface area contributed by atoms with E-state index in [-0.39, 0.29) is 5.41 Å². The first-order valence-electron chi connectivity index (χ1n) is 6.63. The number of anilines is 2. The number of hydrogen-bond acceptors (Lipinski definition) is 3. The van der Waals surface area contributed by atoms with Gasteiger partial charge in [0.1, 0.15) is 5.75 Å². The molecule has 0 spiro atoms. The Labute approximate surface area is 111 Å². The zero-order valence-corrected chi connectivity index (χ0v) is 12.2. The molecule has 0 radical (unpaired) electrons. The first-order chi connectivity index (χ1) is 8.38. The average Bonchev–Trinajstić information content (AvgIpc) is 2.30. The van der Waals surface area contributed by atoms with Gasteiger partial charge < -0.3 is 15.8 Å². The number of nitrogen functional groups attached to an aromatic ring is 1. The first kappa shape index (κ1) is 14.7. The molecule has 102 valence electrons. The Balaban J connectivity index is 2.77. The van der Waals surface area contributed by atoms with Crippen LogP contribution < -0.4 is 15.8 Å². The summed E-state index contributed by atoms with van der Waals surface area (Å²) in [5.74, 6) is 1.37. The molecule has 0 fully saturated rings. The predicted molar refractivity (Wildman–Crippen MR) is 79.1 cm³/mol.